The zero-order valence-electron chi connectivity index (χ0n) is 7.66. The van der Waals surface area contributed by atoms with Crippen LogP contribution in [0.3, 0.4) is 0 Å². The van der Waals surface area contributed by atoms with E-state index in [2.05, 4.69) is 6.58 Å². The zero-order valence-corrected chi connectivity index (χ0v) is 7.66. The number of ether oxygens (including phenoxy) is 1. The molecular formula is C11H10FNO. The molecule has 0 atom stereocenters. The molecular weight excluding hydrogens is 181 g/mol. The van der Waals surface area contributed by atoms with Crippen LogP contribution in [-0.2, 0) is 11.3 Å². The number of rotatable bonds is 4. The van der Waals surface area contributed by atoms with E-state index in [1.54, 1.807) is 12.1 Å². The lowest BCUT2D eigenvalue weighted by molar-refractivity contribution is 0.148. The van der Waals surface area contributed by atoms with Crippen LogP contribution in [0, 0.1) is 17.1 Å². The molecule has 0 saturated carbocycles. The number of hydrogen-bond acceptors (Lipinski definition) is 2. The summed E-state index contributed by atoms with van der Waals surface area (Å²) in [6.07, 6.45) is 1.62. The third-order valence-corrected chi connectivity index (χ3v) is 1.59. The van der Waals surface area contributed by atoms with Crippen molar-refractivity contribution in [3.8, 4) is 6.07 Å². The van der Waals surface area contributed by atoms with Crippen molar-refractivity contribution < 1.29 is 9.13 Å². The van der Waals surface area contributed by atoms with Crippen LogP contribution in [0.5, 0.6) is 0 Å². The molecule has 0 aliphatic rings. The molecule has 3 heteroatoms. The zero-order chi connectivity index (χ0) is 10.4. The fourth-order valence-electron chi connectivity index (χ4n) is 1.06. The second-order valence-corrected chi connectivity index (χ2v) is 2.76. The number of halogens is 1. The monoisotopic (exact) mass is 191 g/mol. The van der Waals surface area contributed by atoms with Gasteiger partial charge < -0.3 is 4.74 Å². The van der Waals surface area contributed by atoms with Crippen molar-refractivity contribution in [2.75, 3.05) is 6.61 Å². The minimum absolute atomic E-state index is 0.290. The molecule has 72 valence electrons. The first-order valence-corrected chi connectivity index (χ1v) is 4.14. The second-order valence-electron chi connectivity index (χ2n) is 2.76. The van der Waals surface area contributed by atoms with Gasteiger partial charge in [0.05, 0.1) is 24.8 Å². The van der Waals surface area contributed by atoms with E-state index in [9.17, 15) is 4.39 Å². The van der Waals surface area contributed by atoms with E-state index in [0.29, 0.717) is 24.3 Å². The highest BCUT2D eigenvalue weighted by molar-refractivity contribution is 5.33. The van der Waals surface area contributed by atoms with E-state index in [1.165, 1.54) is 12.1 Å². The SMILES string of the molecule is C=CCOCc1cc(F)cc(C#N)c1. The Morgan fingerprint density at radius 1 is 1.50 bits per heavy atom. The van der Waals surface area contributed by atoms with Gasteiger partial charge in [-0.05, 0) is 23.8 Å². The molecule has 0 spiro atoms. The van der Waals surface area contributed by atoms with Crippen LogP contribution >= 0.6 is 0 Å². The standard InChI is InChI=1S/C11H10FNO/c1-2-3-14-8-10-4-9(7-13)5-11(12)6-10/h2,4-6H,1,3,8H2. The Bertz CT molecular complexity index is 368. The van der Waals surface area contributed by atoms with Crippen LogP contribution in [-0.4, -0.2) is 6.61 Å². The first kappa shape index (κ1) is 10.4. The van der Waals surface area contributed by atoms with E-state index >= 15 is 0 Å². The van der Waals surface area contributed by atoms with Gasteiger partial charge >= 0.3 is 0 Å². The maximum Gasteiger partial charge on any atom is 0.124 e. The van der Waals surface area contributed by atoms with E-state index in [0.717, 1.165) is 0 Å². The lowest BCUT2D eigenvalue weighted by Gasteiger charge is -2.02. The minimum Gasteiger partial charge on any atom is -0.373 e. The van der Waals surface area contributed by atoms with E-state index in [1.807, 2.05) is 6.07 Å². The van der Waals surface area contributed by atoms with Gasteiger partial charge in [0, 0.05) is 0 Å². The van der Waals surface area contributed by atoms with Crippen molar-refractivity contribution in [1.29, 1.82) is 5.26 Å². The molecule has 0 radical (unpaired) electrons. The van der Waals surface area contributed by atoms with Crippen LogP contribution in [0.1, 0.15) is 11.1 Å². The summed E-state index contributed by atoms with van der Waals surface area (Å²) in [5.41, 5.74) is 0.964. The first-order valence-electron chi connectivity index (χ1n) is 4.14. The van der Waals surface area contributed by atoms with Gasteiger partial charge in [-0.1, -0.05) is 6.08 Å². The molecule has 1 rings (SSSR count). The molecule has 0 aliphatic heterocycles. The summed E-state index contributed by atoms with van der Waals surface area (Å²) in [4.78, 5) is 0. The van der Waals surface area contributed by atoms with Gasteiger partial charge in [0.2, 0.25) is 0 Å². The van der Waals surface area contributed by atoms with Crippen LogP contribution < -0.4 is 0 Å². The molecule has 14 heavy (non-hydrogen) atoms. The first-order chi connectivity index (χ1) is 6.76. The van der Waals surface area contributed by atoms with Gasteiger partial charge in [-0.3, -0.25) is 0 Å². The Balaban J connectivity index is 2.72. The third-order valence-electron chi connectivity index (χ3n) is 1.59. The van der Waals surface area contributed by atoms with Crippen LogP contribution in [0.15, 0.2) is 30.9 Å². The minimum atomic E-state index is -0.416. The van der Waals surface area contributed by atoms with Gasteiger partial charge in [0.1, 0.15) is 5.82 Å². The molecule has 0 saturated heterocycles. The molecule has 0 bridgehead atoms. The quantitative estimate of drug-likeness (QED) is 0.540. The predicted molar refractivity (Wildman–Crippen MR) is 51.0 cm³/mol. The van der Waals surface area contributed by atoms with Gasteiger partial charge in [-0.15, -0.1) is 6.58 Å². The van der Waals surface area contributed by atoms with Crippen molar-refractivity contribution in [2.45, 2.75) is 6.61 Å². The molecule has 0 aliphatic carbocycles. The fourth-order valence-corrected chi connectivity index (χ4v) is 1.06. The summed E-state index contributed by atoms with van der Waals surface area (Å²) in [5, 5.41) is 8.58. The normalized spacial score (nSPS) is 9.43. The van der Waals surface area contributed by atoms with E-state index in [-0.39, 0.29) is 0 Å². The van der Waals surface area contributed by atoms with E-state index in [4.69, 9.17) is 10.00 Å². The van der Waals surface area contributed by atoms with Gasteiger partial charge in [-0.25, -0.2) is 4.39 Å². The maximum atomic E-state index is 12.9. The molecule has 1 aromatic rings. The molecule has 0 unspecified atom stereocenters. The fraction of sp³-hybridized carbons (Fsp3) is 0.182. The van der Waals surface area contributed by atoms with Crippen LogP contribution in [0.4, 0.5) is 4.39 Å². The smallest absolute Gasteiger partial charge is 0.124 e. The molecule has 0 aromatic heterocycles. The van der Waals surface area contributed by atoms with E-state index < -0.39 is 5.82 Å². The largest absolute Gasteiger partial charge is 0.373 e. The highest BCUT2D eigenvalue weighted by Crippen LogP contribution is 2.09. The second kappa shape index (κ2) is 5.15. The average Bonchev–Trinajstić information content (AvgIpc) is 2.17. The molecule has 1 aromatic carbocycles. The van der Waals surface area contributed by atoms with Crippen LogP contribution in [0.2, 0.25) is 0 Å². The lowest BCUT2D eigenvalue weighted by atomic mass is 10.1. The predicted octanol–water partition coefficient (Wildman–Crippen LogP) is 2.40. The molecule has 2 nitrogen and oxygen atoms in total. The summed E-state index contributed by atoms with van der Waals surface area (Å²) < 4.78 is 18.0. The third kappa shape index (κ3) is 3.00. The lowest BCUT2D eigenvalue weighted by Crippen LogP contribution is -1.94. The van der Waals surface area contributed by atoms with Crippen molar-refractivity contribution in [3.05, 3.63) is 47.8 Å². The summed E-state index contributed by atoms with van der Waals surface area (Å²) >= 11 is 0. The number of nitrogens with zero attached hydrogens (tertiary/aromatic N) is 1. The number of nitriles is 1. The van der Waals surface area contributed by atoms with Crippen molar-refractivity contribution >= 4 is 0 Å². The molecule has 0 fully saturated rings. The van der Waals surface area contributed by atoms with Crippen molar-refractivity contribution in [2.24, 2.45) is 0 Å². The van der Waals surface area contributed by atoms with Crippen LogP contribution in [0.25, 0.3) is 0 Å². The Labute approximate surface area is 82.2 Å². The summed E-state index contributed by atoms with van der Waals surface area (Å²) in [6, 6.07) is 6.03. The number of benzene rings is 1. The molecule has 0 N–H and O–H groups in total. The Morgan fingerprint density at radius 2 is 2.29 bits per heavy atom. The molecule has 0 heterocycles. The number of hydrogen-bond donors (Lipinski definition) is 0. The average molecular weight is 191 g/mol. The Hall–Kier alpha value is -1.66. The van der Waals surface area contributed by atoms with Gasteiger partial charge in [0.25, 0.3) is 0 Å². The summed E-state index contributed by atoms with van der Waals surface area (Å²) in [7, 11) is 0. The van der Waals surface area contributed by atoms with Crippen molar-refractivity contribution in [1.82, 2.24) is 0 Å². The summed E-state index contributed by atoms with van der Waals surface area (Å²) in [6.45, 7) is 4.20. The van der Waals surface area contributed by atoms with Crippen molar-refractivity contribution in [3.63, 3.8) is 0 Å². The topological polar surface area (TPSA) is 33.0 Å². The summed E-state index contributed by atoms with van der Waals surface area (Å²) in [5.74, 6) is -0.416. The Morgan fingerprint density at radius 3 is 2.93 bits per heavy atom. The maximum absolute atomic E-state index is 12.9. The molecule has 0 amide bonds. The highest BCUT2D eigenvalue weighted by Gasteiger charge is 1.99. The highest BCUT2D eigenvalue weighted by atomic mass is 19.1. The van der Waals surface area contributed by atoms with Gasteiger partial charge in [-0.2, -0.15) is 5.26 Å². The van der Waals surface area contributed by atoms with Gasteiger partial charge in [0.15, 0.2) is 0 Å². The Kier molecular flexibility index (Phi) is 3.84.